The van der Waals surface area contributed by atoms with Crippen molar-refractivity contribution >= 4 is 11.6 Å². The van der Waals surface area contributed by atoms with Crippen LogP contribution in [0.25, 0.3) is 0 Å². The number of rotatable bonds is 5. The first kappa shape index (κ1) is 24.3. The highest BCUT2D eigenvalue weighted by atomic mass is 19.4. The number of benzene rings is 1. The van der Waals surface area contributed by atoms with Gasteiger partial charge < -0.3 is 19.9 Å². The highest BCUT2D eigenvalue weighted by molar-refractivity contribution is 5.95. The molecule has 4 atom stereocenters. The molecule has 0 spiro atoms. The summed E-state index contributed by atoms with van der Waals surface area (Å²) in [7, 11) is 0. The molecule has 1 aromatic heterocycles. The SMILES string of the molecule is C[C@H]1[C@@H](c2ccc(F)c(F)c2OC2CC(O)C2)[C@H](C(=O)Nc2cccnc2)O[C@@]1(C)C(F)(F)F. The predicted octanol–water partition coefficient (Wildman–Crippen LogP) is 4.34. The summed E-state index contributed by atoms with van der Waals surface area (Å²) in [6, 6.07) is 4.91. The molecule has 2 aliphatic rings. The molecule has 184 valence electrons. The van der Waals surface area contributed by atoms with Gasteiger partial charge in [-0.2, -0.15) is 17.6 Å². The minimum Gasteiger partial charge on any atom is -0.487 e. The highest BCUT2D eigenvalue weighted by Crippen LogP contribution is 2.55. The summed E-state index contributed by atoms with van der Waals surface area (Å²) in [5.41, 5.74) is -2.64. The normalized spacial score (nSPS) is 31.1. The molecule has 11 heteroatoms. The van der Waals surface area contributed by atoms with E-state index in [1.54, 1.807) is 0 Å². The number of ether oxygens (including phenoxy) is 2. The molecule has 1 saturated heterocycles. The number of hydrogen-bond donors (Lipinski definition) is 2. The van der Waals surface area contributed by atoms with E-state index in [0.717, 1.165) is 19.1 Å². The van der Waals surface area contributed by atoms with E-state index in [1.165, 1.54) is 31.5 Å². The Hall–Kier alpha value is -2.79. The number of nitrogens with zero attached hydrogens (tertiary/aromatic N) is 1. The molecule has 4 rings (SSSR count). The van der Waals surface area contributed by atoms with Gasteiger partial charge in [-0.1, -0.05) is 13.0 Å². The number of anilines is 1. The Kier molecular flexibility index (Phi) is 6.28. The van der Waals surface area contributed by atoms with Crippen LogP contribution in [0, 0.1) is 17.6 Å². The van der Waals surface area contributed by atoms with Crippen molar-refractivity contribution in [3.63, 3.8) is 0 Å². The summed E-state index contributed by atoms with van der Waals surface area (Å²) in [4.78, 5) is 16.9. The van der Waals surface area contributed by atoms with Crippen LogP contribution >= 0.6 is 0 Å². The van der Waals surface area contributed by atoms with E-state index in [0.29, 0.717) is 0 Å². The Morgan fingerprint density at radius 1 is 1.26 bits per heavy atom. The number of alkyl halides is 3. The number of pyridine rings is 1. The summed E-state index contributed by atoms with van der Waals surface area (Å²) in [6.07, 6.45) is -4.76. The Labute approximate surface area is 192 Å². The number of hydrogen-bond acceptors (Lipinski definition) is 5. The van der Waals surface area contributed by atoms with E-state index in [2.05, 4.69) is 10.3 Å². The molecule has 2 N–H and O–H groups in total. The van der Waals surface area contributed by atoms with Crippen molar-refractivity contribution in [1.82, 2.24) is 4.98 Å². The van der Waals surface area contributed by atoms with Crippen LogP contribution < -0.4 is 10.1 Å². The standard InChI is InChI=1S/C23H23F5N2O4/c1-11-17(15-5-6-16(24)18(25)19(15)33-14-8-13(31)9-14)20(34-22(11,2)23(26,27)28)21(32)30-12-4-3-7-29-10-12/h3-7,10-11,13-14,17,20,31H,8-9H2,1-2H3,(H,30,32)/t11-,13?,14?,17-,20+,22+/m0/s1. The third-order valence-corrected chi connectivity index (χ3v) is 6.65. The smallest absolute Gasteiger partial charge is 0.417 e. The topological polar surface area (TPSA) is 80.7 Å². The molecule has 6 nitrogen and oxygen atoms in total. The summed E-state index contributed by atoms with van der Waals surface area (Å²) in [5.74, 6) is -6.79. The van der Waals surface area contributed by atoms with E-state index >= 15 is 0 Å². The molecule has 0 unspecified atom stereocenters. The first-order valence-electron chi connectivity index (χ1n) is 10.7. The molecule has 1 aliphatic heterocycles. The Balaban J connectivity index is 1.76. The quantitative estimate of drug-likeness (QED) is 0.615. The summed E-state index contributed by atoms with van der Waals surface area (Å²) >= 11 is 0. The highest BCUT2D eigenvalue weighted by Gasteiger charge is 2.66. The fraction of sp³-hybridized carbons (Fsp3) is 0.478. The van der Waals surface area contributed by atoms with Crippen LogP contribution in [0.3, 0.4) is 0 Å². The van der Waals surface area contributed by atoms with Crippen molar-refractivity contribution in [3.05, 3.63) is 53.9 Å². The van der Waals surface area contributed by atoms with Gasteiger partial charge in [0.1, 0.15) is 12.2 Å². The van der Waals surface area contributed by atoms with Crippen LogP contribution in [0.4, 0.5) is 27.6 Å². The minimum absolute atomic E-state index is 0.118. The van der Waals surface area contributed by atoms with Gasteiger partial charge in [-0.25, -0.2) is 4.39 Å². The third-order valence-electron chi connectivity index (χ3n) is 6.65. The lowest BCUT2D eigenvalue weighted by Crippen LogP contribution is -2.47. The molecule has 0 bridgehead atoms. The monoisotopic (exact) mass is 486 g/mol. The molecule has 2 fully saturated rings. The maximum absolute atomic E-state index is 14.8. The van der Waals surface area contributed by atoms with Crippen molar-refractivity contribution in [2.45, 2.75) is 62.7 Å². The van der Waals surface area contributed by atoms with Gasteiger partial charge in [-0.15, -0.1) is 0 Å². The van der Waals surface area contributed by atoms with Gasteiger partial charge in [0.05, 0.1) is 18.0 Å². The minimum atomic E-state index is -4.86. The molecule has 2 aromatic rings. The van der Waals surface area contributed by atoms with Gasteiger partial charge in [0, 0.05) is 36.4 Å². The number of carbonyl (C=O) groups is 1. The fourth-order valence-corrected chi connectivity index (χ4v) is 4.40. The molecular formula is C23H23F5N2O4. The Bertz CT molecular complexity index is 1060. The van der Waals surface area contributed by atoms with Gasteiger partial charge in [0.2, 0.25) is 5.82 Å². The van der Waals surface area contributed by atoms with Gasteiger partial charge in [-0.3, -0.25) is 9.78 Å². The molecular weight excluding hydrogens is 463 g/mol. The van der Waals surface area contributed by atoms with Crippen LogP contribution in [-0.2, 0) is 9.53 Å². The van der Waals surface area contributed by atoms with E-state index in [4.69, 9.17) is 9.47 Å². The zero-order valence-corrected chi connectivity index (χ0v) is 18.3. The second-order valence-electron chi connectivity index (χ2n) is 8.83. The first-order valence-corrected chi connectivity index (χ1v) is 10.7. The van der Waals surface area contributed by atoms with Crippen molar-refractivity contribution in [2.75, 3.05) is 5.32 Å². The van der Waals surface area contributed by atoms with Crippen molar-refractivity contribution in [3.8, 4) is 5.75 Å². The van der Waals surface area contributed by atoms with Gasteiger partial charge >= 0.3 is 6.18 Å². The molecule has 34 heavy (non-hydrogen) atoms. The lowest BCUT2D eigenvalue weighted by molar-refractivity contribution is -0.272. The number of aliphatic hydroxyl groups excluding tert-OH is 1. The van der Waals surface area contributed by atoms with Gasteiger partial charge in [0.15, 0.2) is 17.2 Å². The summed E-state index contributed by atoms with van der Waals surface area (Å²) in [5, 5.41) is 12.0. The second-order valence-corrected chi connectivity index (χ2v) is 8.83. The molecule has 0 radical (unpaired) electrons. The zero-order chi connectivity index (χ0) is 24.8. The van der Waals surface area contributed by atoms with Crippen LogP contribution in [0.1, 0.15) is 38.2 Å². The molecule has 1 aromatic carbocycles. The van der Waals surface area contributed by atoms with Crippen LogP contribution in [-0.4, -0.2) is 46.1 Å². The van der Waals surface area contributed by atoms with Crippen molar-refractivity contribution < 1.29 is 41.3 Å². The largest absolute Gasteiger partial charge is 0.487 e. The van der Waals surface area contributed by atoms with Crippen LogP contribution in [0.5, 0.6) is 5.75 Å². The molecule has 2 heterocycles. The van der Waals surface area contributed by atoms with E-state index < -0.39 is 65.2 Å². The van der Waals surface area contributed by atoms with E-state index in [9.17, 15) is 31.9 Å². The number of nitrogens with one attached hydrogen (secondary N) is 1. The Morgan fingerprint density at radius 2 is 1.97 bits per heavy atom. The van der Waals surface area contributed by atoms with E-state index in [-0.39, 0.29) is 24.1 Å². The lowest BCUT2D eigenvalue weighted by atomic mass is 9.76. The molecule has 1 aliphatic carbocycles. The van der Waals surface area contributed by atoms with Crippen molar-refractivity contribution in [2.24, 2.45) is 5.92 Å². The van der Waals surface area contributed by atoms with Crippen LogP contribution in [0.2, 0.25) is 0 Å². The van der Waals surface area contributed by atoms with Crippen molar-refractivity contribution in [1.29, 1.82) is 0 Å². The zero-order valence-electron chi connectivity index (χ0n) is 18.3. The van der Waals surface area contributed by atoms with Crippen LogP contribution in [0.15, 0.2) is 36.7 Å². The maximum Gasteiger partial charge on any atom is 0.417 e. The average Bonchev–Trinajstić information content (AvgIpc) is 3.03. The first-order chi connectivity index (χ1) is 15.9. The number of aromatic nitrogens is 1. The van der Waals surface area contributed by atoms with Gasteiger partial charge in [0.25, 0.3) is 5.91 Å². The number of aliphatic hydroxyl groups is 1. The molecule has 1 saturated carbocycles. The fourth-order valence-electron chi connectivity index (χ4n) is 4.40. The third kappa shape index (κ3) is 4.22. The average molecular weight is 486 g/mol. The van der Waals surface area contributed by atoms with E-state index in [1.807, 2.05) is 0 Å². The number of carbonyl (C=O) groups excluding carboxylic acids is 1. The lowest BCUT2D eigenvalue weighted by Gasteiger charge is -2.34. The molecule has 1 amide bonds. The van der Waals surface area contributed by atoms with Gasteiger partial charge in [-0.05, 0) is 25.1 Å². The number of halogens is 5. The maximum atomic E-state index is 14.8. The number of amides is 1. The predicted molar refractivity (Wildman–Crippen MR) is 110 cm³/mol. The second kappa shape index (κ2) is 8.77. The summed E-state index contributed by atoms with van der Waals surface area (Å²) in [6.45, 7) is 2.07. The Morgan fingerprint density at radius 3 is 2.56 bits per heavy atom. The summed E-state index contributed by atoms with van der Waals surface area (Å²) < 4.78 is 82.0.